The van der Waals surface area contributed by atoms with E-state index in [0.29, 0.717) is 10.8 Å². The van der Waals surface area contributed by atoms with Gasteiger partial charge in [0, 0.05) is 6.54 Å². The van der Waals surface area contributed by atoms with Gasteiger partial charge in [-0.3, -0.25) is 0 Å². The van der Waals surface area contributed by atoms with Crippen LogP contribution in [0.4, 0.5) is 0 Å². The maximum atomic E-state index is 2.72. The maximum absolute atomic E-state index is 2.72. The molecule has 1 heterocycles. The molecule has 1 heteroatoms. The summed E-state index contributed by atoms with van der Waals surface area (Å²) < 4.78 is 0. The summed E-state index contributed by atoms with van der Waals surface area (Å²) in [5, 5.41) is 0. The highest BCUT2D eigenvalue weighted by atomic mass is 15.1. The van der Waals surface area contributed by atoms with Gasteiger partial charge in [0.25, 0.3) is 0 Å². The molecule has 0 bridgehead atoms. The van der Waals surface area contributed by atoms with E-state index in [1.54, 1.807) is 0 Å². The van der Waals surface area contributed by atoms with Crippen LogP contribution in [0.5, 0.6) is 0 Å². The van der Waals surface area contributed by atoms with E-state index in [1.165, 1.54) is 51.7 Å². The predicted molar refractivity (Wildman–Crippen MR) is 70.6 cm³/mol. The lowest BCUT2D eigenvalue weighted by atomic mass is 9.63. The summed E-state index contributed by atoms with van der Waals surface area (Å²) in [5.41, 5.74) is 1.03. The number of piperidine rings is 1. The first kappa shape index (κ1) is 12.4. The molecular weight excluding hydrogens is 194 g/mol. The second-order valence-corrected chi connectivity index (χ2v) is 7.41. The third-order valence-corrected chi connectivity index (χ3v) is 5.51. The van der Waals surface area contributed by atoms with Crippen LogP contribution in [0.1, 0.15) is 59.8 Å². The van der Waals surface area contributed by atoms with Crippen molar-refractivity contribution >= 4 is 0 Å². The van der Waals surface area contributed by atoms with E-state index in [1.807, 2.05) is 0 Å². The molecule has 2 rings (SSSR count). The average Bonchev–Trinajstić information content (AvgIpc) is 2.12. The zero-order chi connectivity index (χ0) is 11.8. The van der Waals surface area contributed by atoms with Gasteiger partial charge >= 0.3 is 0 Å². The molecule has 1 saturated heterocycles. The van der Waals surface area contributed by atoms with E-state index in [0.717, 1.165) is 5.92 Å². The van der Waals surface area contributed by atoms with Gasteiger partial charge in [-0.1, -0.05) is 34.1 Å². The van der Waals surface area contributed by atoms with Crippen molar-refractivity contribution in [1.29, 1.82) is 0 Å². The van der Waals surface area contributed by atoms with E-state index >= 15 is 0 Å². The standard InChI is InChI=1S/C15H29N/c1-14(2,3)15(4)8-10-16(11-9-15)12-13-6-5-7-13/h13H,5-12H2,1-4H3. The van der Waals surface area contributed by atoms with Crippen molar-refractivity contribution in [3.05, 3.63) is 0 Å². The highest BCUT2D eigenvalue weighted by molar-refractivity contribution is 4.91. The first-order valence-corrected chi connectivity index (χ1v) is 7.13. The van der Waals surface area contributed by atoms with Crippen molar-refractivity contribution in [2.45, 2.75) is 59.8 Å². The fraction of sp³-hybridized carbons (Fsp3) is 1.00. The number of rotatable bonds is 2. The molecule has 16 heavy (non-hydrogen) atoms. The molecule has 0 atom stereocenters. The Balaban J connectivity index is 1.81. The Morgan fingerprint density at radius 1 is 1.12 bits per heavy atom. The van der Waals surface area contributed by atoms with Gasteiger partial charge < -0.3 is 4.90 Å². The number of likely N-dealkylation sites (tertiary alicyclic amines) is 1. The highest BCUT2D eigenvalue weighted by Gasteiger charge is 2.40. The molecule has 1 nitrogen and oxygen atoms in total. The summed E-state index contributed by atoms with van der Waals surface area (Å²) in [7, 11) is 0. The van der Waals surface area contributed by atoms with Crippen molar-refractivity contribution in [3.8, 4) is 0 Å². The maximum Gasteiger partial charge on any atom is 0.000966 e. The van der Waals surface area contributed by atoms with Crippen LogP contribution in [-0.2, 0) is 0 Å². The highest BCUT2D eigenvalue weighted by Crippen LogP contribution is 2.46. The fourth-order valence-corrected chi connectivity index (χ4v) is 3.02. The normalized spacial score (nSPS) is 27.8. The molecule has 0 aromatic rings. The first-order valence-electron chi connectivity index (χ1n) is 7.13. The largest absolute Gasteiger partial charge is 0.303 e. The third-order valence-electron chi connectivity index (χ3n) is 5.51. The quantitative estimate of drug-likeness (QED) is 0.685. The van der Waals surface area contributed by atoms with Crippen LogP contribution < -0.4 is 0 Å². The minimum atomic E-state index is 0.468. The monoisotopic (exact) mass is 223 g/mol. The summed E-state index contributed by atoms with van der Waals surface area (Å²) >= 11 is 0. The Morgan fingerprint density at radius 3 is 2.06 bits per heavy atom. The van der Waals surface area contributed by atoms with Crippen LogP contribution in [0.2, 0.25) is 0 Å². The van der Waals surface area contributed by atoms with Crippen LogP contribution in [0, 0.1) is 16.7 Å². The molecule has 0 aromatic carbocycles. The van der Waals surface area contributed by atoms with Gasteiger partial charge in [0.15, 0.2) is 0 Å². The van der Waals surface area contributed by atoms with Gasteiger partial charge in [-0.15, -0.1) is 0 Å². The van der Waals surface area contributed by atoms with Crippen LogP contribution in [-0.4, -0.2) is 24.5 Å². The van der Waals surface area contributed by atoms with E-state index in [9.17, 15) is 0 Å². The summed E-state index contributed by atoms with van der Waals surface area (Å²) in [4.78, 5) is 2.72. The lowest BCUT2D eigenvalue weighted by molar-refractivity contribution is 0.0129. The van der Waals surface area contributed by atoms with Gasteiger partial charge in [-0.25, -0.2) is 0 Å². The summed E-state index contributed by atoms with van der Waals surface area (Å²) in [5.74, 6) is 1.04. The van der Waals surface area contributed by atoms with E-state index < -0.39 is 0 Å². The van der Waals surface area contributed by atoms with Gasteiger partial charge in [-0.05, 0) is 55.5 Å². The molecule has 0 unspecified atom stereocenters. The fourth-order valence-electron chi connectivity index (χ4n) is 3.02. The van der Waals surface area contributed by atoms with Crippen LogP contribution in [0.3, 0.4) is 0 Å². The van der Waals surface area contributed by atoms with Crippen molar-refractivity contribution < 1.29 is 0 Å². The van der Waals surface area contributed by atoms with Gasteiger partial charge in [0.05, 0.1) is 0 Å². The first-order chi connectivity index (χ1) is 7.41. The minimum absolute atomic E-state index is 0.468. The molecule has 1 saturated carbocycles. The van der Waals surface area contributed by atoms with Gasteiger partial charge in [0.2, 0.25) is 0 Å². The Morgan fingerprint density at radius 2 is 1.69 bits per heavy atom. The average molecular weight is 223 g/mol. The molecule has 0 amide bonds. The van der Waals surface area contributed by atoms with Crippen molar-refractivity contribution in [2.24, 2.45) is 16.7 Å². The van der Waals surface area contributed by atoms with Crippen LogP contribution in [0.25, 0.3) is 0 Å². The van der Waals surface area contributed by atoms with Crippen molar-refractivity contribution in [1.82, 2.24) is 4.90 Å². The van der Waals surface area contributed by atoms with Crippen LogP contribution in [0.15, 0.2) is 0 Å². The number of nitrogens with zero attached hydrogens (tertiary/aromatic N) is 1. The van der Waals surface area contributed by atoms with E-state index in [-0.39, 0.29) is 0 Å². The molecule has 94 valence electrons. The number of hydrogen-bond acceptors (Lipinski definition) is 1. The Hall–Kier alpha value is -0.0400. The molecular formula is C15H29N. The molecule has 2 fully saturated rings. The van der Waals surface area contributed by atoms with E-state index in [2.05, 4.69) is 32.6 Å². The second kappa shape index (κ2) is 4.33. The smallest absolute Gasteiger partial charge is 0.000966 e. The van der Waals surface area contributed by atoms with Crippen molar-refractivity contribution in [2.75, 3.05) is 19.6 Å². The van der Waals surface area contributed by atoms with Gasteiger partial charge in [-0.2, -0.15) is 0 Å². The Bertz CT molecular complexity index is 226. The number of hydrogen-bond donors (Lipinski definition) is 0. The Kier molecular flexibility index (Phi) is 3.36. The summed E-state index contributed by atoms with van der Waals surface area (Å²) in [6.07, 6.45) is 7.25. The Labute approximate surface area is 102 Å². The molecule has 1 aliphatic heterocycles. The zero-order valence-corrected chi connectivity index (χ0v) is 11.7. The molecule has 1 aliphatic carbocycles. The van der Waals surface area contributed by atoms with Gasteiger partial charge in [0.1, 0.15) is 0 Å². The molecule has 0 N–H and O–H groups in total. The SMILES string of the molecule is CC(C)(C)C1(C)CCN(CC2CCC2)CC1. The predicted octanol–water partition coefficient (Wildman–Crippen LogP) is 3.93. The molecule has 0 aromatic heterocycles. The summed E-state index contributed by atoms with van der Waals surface area (Å²) in [6, 6.07) is 0. The van der Waals surface area contributed by atoms with E-state index in [4.69, 9.17) is 0 Å². The molecule has 2 aliphatic rings. The lowest BCUT2D eigenvalue weighted by Crippen LogP contribution is -2.46. The topological polar surface area (TPSA) is 3.24 Å². The summed E-state index contributed by atoms with van der Waals surface area (Å²) in [6.45, 7) is 13.8. The third kappa shape index (κ3) is 2.45. The zero-order valence-electron chi connectivity index (χ0n) is 11.7. The second-order valence-electron chi connectivity index (χ2n) is 7.41. The van der Waals surface area contributed by atoms with Crippen LogP contribution >= 0.6 is 0 Å². The lowest BCUT2D eigenvalue weighted by Gasteiger charge is -2.48. The minimum Gasteiger partial charge on any atom is -0.303 e. The van der Waals surface area contributed by atoms with Crippen molar-refractivity contribution in [3.63, 3.8) is 0 Å². The molecule has 0 spiro atoms. The molecule has 0 radical (unpaired) electrons.